The molecular weight excluding hydrogens is 286 g/mol. The molecule has 2 heterocycles. The zero-order valence-electron chi connectivity index (χ0n) is 12.6. The highest BCUT2D eigenvalue weighted by atomic mass is 32.1. The molecular formula is C15H19N3O2S. The van der Waals surface area contributed by atoms with E-state index in [-0.39, 0.29) is 5.91 Å². The minimum atomic E-state index is -0.109. The van der Waals surface area contributed by atoms with Gasteiger partial charge in [-0.25, -0.2) is 9.97 Å². The van der Waals surface area contributed by atoms with E-state index in [1.54, 1.807) is 13.3 Å². The minimum Gasteiger partial charge on any atom is -0.481 e. The van der Waals surface area contributed by atoms with Crippen LogP contribution in [0.3, 0.4) is 0 Å². The molecule has 1 N–H and O–H groups in total. The molecule has 112 valence electrons. The van der Waals surface area contributed by atoms with Gasteiger partial charge in [-0.05, 0) is 13.0 Å². The van der Waals surface area contributed by atoms with Crippen LogP contribution in [0.15, 0.2) is 18.3 Å². The first-order chi connectivity index (χ1) is 10.0. The number of carbonyl (C=O) groups is 1. The van der Waals surface area contributed by atoms with Gasteiger partial charge in [0.1, 0.15) is 4.88 Å². The fraction of sp³-hybridized carbons (Fsp3) is 0.400. The van der Waals surface area contributed by atoms with Crippen LogP contribution in [0.1, 0.15) is 45.7 Å². The average Bonchev–Trinajstić information content (AvgIpc) is 2.87. The van der Waals surface area contributed by atoms with Crippen LogP contribution in [0.4, 0.5) is 0 Å². The van der Waals surface area contributed by atoms with Crippen molar-refractivity contribution in [2.24, 2.45) is 0 Å². The van der Waals surface area contributed by atoms with Gasteiger partial charge in [-0.2, -0.15) is 0 Å². The minimum absolute atomic E-state index is 0.109. The Morgan fingerprint density at radius 2 is 2.24 bits per heavy atom. The average molecular weight is 305 g/mol. The quantitative estimate of drug-likeness (QED) is 0.922. The Morgan fingerprint density at radius 1 is 1.48 bits per heavy atom. The van der Waals surface area contributed by atoms with E-state index in [1.165, 1.54) is 11.3 Å². The van der Waals surface area contributed by atoms with Gasteiger partial charge in [-0.1, -0.05) is 19.9 Å². The van der Waals surface area contributed by atoms with Crippen molar-refractivity contribution < 1.29 is 9.53 Å². The van der Waals surface area contributed by atoms with E-state index in [0.29, 0.717) is 23.2 Å². The summed E-state index contributed by atoms with van der Waals surface area (Å²) in [5.74, 6) is 0.748. The Labute approximate surface area is 128 Å². The molecule has 0 aliphatic carbocycles. The van der Waals surface area contributed by atoms with Gasteiger partial charge in [0.2, 0.25) is 5.88 Å². The van der Waals surface area contributed by atoms with Crippen LogP contribution < -0.4 is 10.1 Å². The molecule has 0 unspecified atom stereocenters. The molecule has 21 heavy (non-hydrogen) atoms. The van der Waals surface area contributed by atoms with Crippen molar-refractivity contribution in [1.82, 2.24) is 15.3 Å². The standard InChI is InChI=1S/C15H19N3O2S/c1-9(2)15-18-10(3)12(21-15)13(19)17-8-11-6-5-7-16-14(11)20-4/h5-7,9H,8H2,1-4H3,(H,17,19). The van der Waals surface area contributed by atoms with Crippen molar-refractivity contribution in [3.05, 3.63) is 39.5 Å². The van der Waals surface area contributed by atoms with Crippen LogP contribution in [0.5, 0.6) is 5.88 Å². The van der Waals surface area contributed by atoms with Gasteiger partial charge in [-0.15, -0.1) is 11.3 Å². The molecule has 2 aromatic rings. The van der Waals surface area contributed by atoms with E-state index in [2.05, 4.69) is 29.1 Å². The highest BCUT2D eigenvalue weighted by Gasteiger charge is 2.17. The molecule has 2 aromatic heterocycles. The summed E-state index contributed by atoms with van der Waals surface area (Å²) in [5.41, 5.74) is 1.62. The van der Waals surface area contributed by atoms with Crippen molar-refractivity contribution in [3.8, 4) is 5.88 Å². The van der Waals surface area contributed by atoms with Crippen molar-refractivity contribution >= 4 is 17.2 Å². The summed E-state index contributed by atoms with van der Waals surface area (Å²) < 4.78 is 5.17. The van der Waals surface area contributed by atoms with Crippen molar-refractivity contribution in [2.45, 2.75) is 33.2 Å². The summed E-state index contributed by atoms with van der Waals surface area (Å²) in [6, 6.07) is 3.70. The summed E-state index contributed by atoms with van der Waals surface area (Å²) in [5, 5.41) is 3.88. The maximum absolute atomic E-state index is 12.3. The van der Waals surface area contributed by atoms with E-state index in [0.717, 1.165) is 16.3 Å². The van der Waals surface area contributed by atoms with Crippen molar-refractivity contribution in [2.75, 3.05) is 7.11 Å². The van der Waals surface area contributed by atoms with E-state index < -0.39 is 0 Å². The normalized spacial score (nSPS) is 10.7. The summed E-state index contributed by atoms with van der Waals surface area (Å²) in [6.45, 7) is 6.38. The number of carbonyl (C=O) groups excluding carboxylic acids is 1. The molecule has 0 bridgehead atoms. The van der Waals surface area contributed by atoms with Gasteiger partial charge >= 0.3 is 0 Å². The lowest BCUT2D eigenvalue weighted by atomic mass is 10.2. The predicted octanol–water partition coefficient (Wildman–Crippen LogP) is 2.91. The first-order valence-electron chi connectivity index (χ1n) is 6.76. The summed E-state index contributed by atoms with van der Waals surface area (Å²) in [7, 11) is 1.57. The predicted molar refractivity (Wildman–Crippen MR) is 82.9 cm³/mol. The fourth-order valence-corrected chi connectivity index (χ4v) is 2.86. The second-order valence-electron chi connectivity index (χ2n) is 4.98. The molecule has 0 atom stereocenters. The third-order valence-electron chi connectivity index (χ3n) is 3.00. The number of rotatable bonds is 5. The molecule has 0 aliphatic rings. The summed E-state index contributed by atoms with van der Waals surface area (Å²) in [6.07, 6.45) is 1.66. The van der Waals surface area contributed by atoms with Crippen LogP contribution in [0.25, 0.3) is 0 Å². The number of ether oxygens (including phenoxy) is 1. The monoisotopic (exact) mass is 305 g/mol. The number of nitrogens with zero attached hydrogens (tertiary/aromatic N) is 2. The summed E-state index contributed by atoms with van der Waals surface area (Å²) >= 11 is 1.45. The summed E-state index contributed by atoms with van der Waals surface area (Å²) in [4.78, 5) is 21.5. The number of nitrogens with one attached hydrogen (secondary N) is 1. The molecule has 0 radical (unpaired) electrons. The van der Waals surface area contributed by atoms with Gasteiger partial charge in [0.15, 0.2) is 0 Å². The highest BCUT2D eigenvalue weighted by Crippen LogP contribution is 2.24. The van der Waals surface area contributed by atoms with Crippen molar-refractivity contribution in [1.29, 1.82) is 0 Å². The molecule has 2 rings (SSSR count). The number of aryl methyl sites for hydroxylation is 1. The molecule has 0 aromatic carbocycles. The molecule has 0 spiro atoms. The zero-order chi connectivity index (χ0) is 15.4. The molecule has 5 nitrogen and oxygen atoms in total. The maximum Gasteiger partial charge on any atom is 0.263 e. The molecule has 1 amide bonds. The Balaban J connectivity index is 2.08. The van der Waals surface area contributed by atoms with Crippen LogP contribution in [0.2, 0.25) is 0 Å². The number of amides is 1. The molecule has 6 heteroatoms. The second-order valence-corrected chi connectivity index (χ2v) is 6.01. The van der Waals surface area contributed by atoms with Gasteiger partial charge in [0, 0.05) is 24.2 Å². The lowest BCUT2D eigenvalue weighted by Gasteiger charge is -2.07. The molecule has 0 aliphatic heterocycles. The fourth-order valence-electron chi connectivity index (χ4n) is 1.87. The SMILES string of the molecule is COc1ncccc1CNC(=O)c1sc(C(C)C)nc1C. The van der Waals surface area contributed by atoms with Gasteiger partial charge in [-0.3, -0.25) is 4.79 Å². The van der Waals surface area contributed by atoms with E-state index in [1.807, 2.05) is 19.1 Å². The number of aromatic nitrogens is 2. The largest absolute Gasteiger partial charge is 0.481 e. The zero-order valence-corrected chi connectivity index (χ0v) is 13.5. The van der Waals surface area contributed by atoms with Gasteiger partial charge < -0.3 is 10.1 Å². The lowest BCUT2D eigenvalue weighted by molar-refractivity contribution is 0.0954. The smallest absolute Gasteiger partial charge is 0.263 e. The Hall–Kier alpha value is -1.95. The first kappa shape index (κ1) is 15.4. The molecule has 0 fully saturated rings. The van der Waals surface area contributed by atoms with Crippen LogP contribution in [0, 0.1) is 6.92 Å². The number of methoxy groups -OCH3 is 1. The Kier molecular flexibility index (Phi) is 4.90. The second kappa shape index (κ2) is 6.67. The Bertz CT molecular complexity index is 638. The first-order valence-corrected chi connectivity index (χ1v) is 7.58. The topological polar surface area (TPSA) is 64.1 Å². The highest BCUT2D eigenvalue weighted by molar-refractivity contribution is 7.13. The molecule has 0 saturated heterocycles. The van der Waals surface area contributed by atoms with Crippen LogP contribution >= 0.6 is 11.3 Å². The number of hydrogen-bond donors (Lipinski definition) is 1. The van der Waals surface area contributed by atoms with E-state index in [4.69, 9.17) is 4.74 Å². The van der Waals surface area contributed by atoms with Crippen LogP contribution in [-0.4, -0.2) is 23.0 Å². The lowest BCUT2D eigenvalue weighted by Crippen LogP contribution is -2.23. The molecule has 0 saturated carbocycles. The third kappa shape index (κ3) is 3.58. The van der Waals surface area contributed by atoms with E-state index in [9.17, 15) is 4.79 Å². The number of pyridine rings is 1. The van der Waals surface area contributed by atoms with Gasteiger partial charge in [0.25, 0.3) is 5.91 Å². The maximum atomic E-state index is 12.3. The third-order valence-corrected chi connectivity index (χ3v) is 4.45. The van der Waals surface area contributed by atoms with Crippen LogP contribution in [-0.2, 0) is 6.54 Å². The number of thiazole rings is 1. The number of hydrogen-bond acceptors (Lipinski definition) is 5. The van der Waals surface area contributed by atoms with Gasteiger partial charge in [0.05, 0.1) is 17.8 Å². The van der Waals surface area contributed by atoms with E-state index >= 15 is 0 Å². The van der Waals surface area contributed by atoms with Crippen molar-refractivity contribution in [3.63, 3.8) is 0 Å². The Morgan fingerprint density at radius 3 is 2.86 bits per heavy atom.